The summed E-state index contributed by atoms with van der Waals surface area (Å²) >= 11 is 0. The summed E-state index contributed by atoms with van der Waals surface area (Å²) in [6.45, 7) is 1.16. The second-order valence-electron chi connectivity index (χ2n) is 7.80. The Bertz CT molecular complexity index is 1070. The zero-order chi connectivity index (χ0) is 22.0. The highest BCUT2D eigenvalue weighted by molar-refractivity contribution is 7.92. The van der Waals surface area contributed by atoms with Crippen LogP contribution in [0.5, 0.6) is 0 Å². The number of para-hydroxylation sites is 1. The molecule has 2 aliphatic rings. The molecule has 0 saturated carbocycles. The zero-order valence-electron chi connectivity index (χ0n) is 17.2. The van der Waals surface area contributed by atoms with Gasteiger partial charge in [-0.05, 0) is 55.6 Å². The number of ether oxygens (including phenoxy) is 1. The molecule has 8 nitrogen and oxygen atoms in total. The highest BCUT2D eigenvalue weighted by atomic mass is 32.2. The minimum Gasteiger partial charge on any atom is -0.465 e. The molecule has 4 rings (SSSR count). The van der Waals surface area contributed by atoms with E-state index in [0.717, 1.165) is 12.8 Å². The Morgan fingerprint density at radius 2 is 1.94 bits per heavy atom. The van der Waals surface area contributed by atoms with Crippen LogP contribution < -0.4 is 9.62 Å². The molecule has 1 N–H and O–H groups in total. The molecule has 2 aromatic rings. The predicted octanol–water partition coefficient (Wildman–Crippen LogP) is 2.09. The second-order valence-corrected chi connectivity index (χ2v) is 9.77. The number of hydrogen-bond donors (Lipinski definition) is 1. The summed E-state index contributed by atoms with van der Waals surface area (Å²) in [5.74, 6) is -0.334. The van der Waals surface area contributed by atoms with Crippen LogP contribution in [0.2, 0.25) is 0 Å². The van der Waals surface area contributed by atoms with Gasteiger partial charge in [0.15, 0.2) is 0 Å². The third-order valence-corrected chi connectivity index (χ3v) is 7.63. The van der Waals surface area contributed by atoms with Crippen molar-refractivity contribution in [1.29, 1.82) is 0 Å². The van der Waals surface area contributed by atoms with Crippen molar-refractivity contribution in [1.82, 2.24) is 4.90 Å². The third kappa shape index (κ3) is 4.42. The molecule has 0 aromatic heterocycles. The van der Waals surface area contributed by atoms with E-state index in [1.54, 1.807) is 36.4 Å². The van der Waals surface area contributed by atoms with Gasteiger partial charge in [-0.25, -0.2) is 8.42 Å². The molecule has 2 saturated heterocycles. The Morgan fingerprint density at radius 3 is 2.71 bits per heavy atom. The number of hydrogen-bond acceptors (Lipinski definition) is 6. The normalized spacial score (nSPS) is 21.3. The lowest BCUT2D eigenvalue weighted by molar-refractivity contribution is -0.155. The number of carbonyl (C=O) groups is 2. The quantitative estimate of drug-likeness (QED) is 0.687. The number of esters is 1. The maximum atomic E-state index is 13.0. The molecule has 0 radical (unpaired) electrons. The molecule has 2 aromatic carbocycles. The fourth-order valence-corrected chi connectivity index (χ4v) is 5.44. The summed E-state index contributed by atoms with van der Waals surface area (Å²) in [5, 5.41) is 2.75. The van der Waals surface area contributed by atoms with E-state index in [4.69, 9.17) is 4.74 Å². The van der Waals surface area contributed by atoms with E-state index < -0.39 is 10.0 Å². The first-order valence-electron chi connectivity index (χ1n) is 10.2. The lowest BCUT2D eigenvalue weighted by Crippen LogP contribution is -2.46. The number of likely N-dealkylation sites (tertiary alicyclic amines) is 1. The topological polar surface area (TPSA) is 96.0 Å². The average molecular weight is 444 g/mol. The highest BCUT2D eigenvalue weighted by Gasteiger charge is 2.43. The fraction of sp³-hybridized carbons (Fsp3) is 0.364. The third-order valence-electron chi connectivity index (χ3n) is 5.84. The number of amides is 1. The number of cyclic esters (lactones) is 1. The average Bonchev–Trinajstić information content (AvgIpc) is 3.18. The number of sulfonamides is 1. The first-order chi connectivity index (χ1) is 14.9. The van der Waals surface area contributed by atoms with Gasteiger partial charge >= 0.3 is 5.97 Å². The van der Waals surface area contributed by atoms with Crippen molar-refractivity contribution >= 4 is 33.3 Å². The summed E-state index contributed by atoms with van der Waals surface area (Å²) < 4.78 is 32.3. The summed E-state index contributed by atoms with van der Waals surface area (Å²) in [5.41, 5.74) is 0.925. The van der Waals surface area contributed by atoms with Gasteiger partial charge in [-0.1, -0.05) is 24.3 Å². The van der Waals surface area contributed by atoms with Crippen molar-refractivity contribution in [3.8, 4) is 0 Å². The molecular weight excluding hydrogens is 418 g/mol. The van der Waals surface area contributed by atoms with Gasteiger partial charge in [0.05, 0.1) is 23.7 Å². The summed E-state index contributed by atoms with van der Waals surface area (Å²) in [6, 6.07) is 14.6. The molecule has 0 spiro atoms. The molecule has 31 heavy (non-hydrogen) atoms. The fourth-order valence-electron chi connectivity index (χ4n) is 4.20. The Kier molecular flexibility index (Phi) is 5.97. The Balaban J connectivity index is 1.45. The van der Waals surface area contributed by atoms with E-state index in [-0.39, 0.29) is 35.3 Å². The second kappa shape index (κ2) is 8.68. The monoisotopic (exact) mass is 443 g/mol. The number of carbonyl (C=O) groups excluding carboxylic acids is 2. The van der Waals surface area contributed by atoms with E-state index in [0.29, 0.717) is 24.5 Å². The van der Waals surface area contributed by atoms with Crippen molar-refractivity contribution in [2.45, 2.75) is 23.8 Å². The molecule has 2 atom stereocenters. The van der Waals surface area contributed by atoms with Gasteiger partial charge in [-0.3, -0.25) is 18.8 Å². The van der Waals surface area contributed by atoms with Crippen LogP contribution in [-0.4, -0.2) is 58.0 Å². The number of rotatable bonds is 6. The van der Waals surface area contributed by atoms with Crippen LogP contribution in [-0.2, 0) is 24.3 Å². The summed E-state index contributed by atoms with van der Waals surface area (Å²) in [7, 11) is -2.30. The maximum absolute atomic E-state index is 13.0. The molecule has 0 aliphatic carbocycles. The Hall–Kier alpha value is -2.91. The van der Waals surface area contributed by atoms with Crippen molar-refractivity contribution < 1.29 is 22.7 Å². The zero-order valence-corrected chi connectivity index (χ0v) is 18.0. The number of nitrogens with zero attached hydrogens (tertiary/aromatic N) is 2. The SMILES string of the molecule is CN(c1ccccc1)S(=O)(=O)c1cccc(NC(=O)CN2CC[C@H]3CCOC(=O)[C@@H]32)c1. The van der Waals surface area contributed by atoms with Gasteiger partial charge in [-0.2, -0.15) is 0 Å². The Morgan fingerprint density at radius 1 is 1.16 bits per heavy atom. The summed E-state index contributed by atoms with van der Waals surface area (Å²) in [4.78, 5) is 26.6. The number of benzene rings is 2. The van der Waals surface area contributed by atoms with Gasteiger partial charge in [-0.15, -0.1) is 0 Å². The van der Waals surface area contributed by atoms with Gasteiger partial charge in [0.1, 0.15) is 6.04 Å². The van der Waals surface area contributed by atoms with Crippen molar-refractivity contribution in [2.24, 2.45) is 5.92 Å². The highest BCUT2D eigenvalue weighted by Crippen LogP contribution is 2.31. The van der Waals surface area contributed by atoms with E-state index in [2.05, 4.69) is 5.32 Å². The van der Waals surface area contributed by atoms with Crippen LogP contribution in [0.4, 0.5) is 11.4 Å². The molecule has 0 bridgehead atoms. The number of nitrogens with one attached hydrogen (secondary N) is 1. The van der Waals surface area contributed by atoms with E-state index in [1.807, 2.05) is 11.0 Å². The van der Waals surface area contributed by atoms with Crippen LogP contribution >= 0.6 is 0 Å². The van der Waals surface area contributed by atoms with Gasteiger partial charge < -0.3 is 10.1 Å². The van der Waals surface area contributed by atoms with Crippen molar-refractivity contribution in [3.05, 3.63) is 54.6 Å². The molecule has 2 heterocycles. The molecule has 2 fully saturated rings. The molecule has 164 valence electrons. The van der Waals surface area contributed by atoms with Crippen LogP contribution in [0.25, 0.3) is 0 Å². The molecule has 2 aliphatic heterocycles. The van der Waals surface area contributed by atoms with Crippen molar-refractivity contribution in [2.75, 3.05) is 36.4 Å². The Labute approximate surface area is 181 Å². The van der Waals surface area contributed by atoms with E-state index in [1.165, 1.54) is 23.5 Å². The predicted molar refractivity (Wildman–Crippen MR) is 116 cm³/mol. The minimum atomic E-state index is -3.79. The number of anilines is 2. The molecule has 1 amide bonds. The minimum absolute atomic E-state index is 0.0527. The maximum Gasteiger partial charge on any atom is 0.323 e. The number of fused-ring (bicyclic) bond motifs is 1. The lowest BCUT2D eigenvalue weighted by Gasteiger charge is -2.29. The molecule has 9 heteroatoms. The summed E-state index contributed by atoms with van der Waals surface area (Å²) in [6.07, 6.45) is 1.69. The van der Waals surface area contributed by atoms with E-state index >= 15 is 0 Å². The first kappa shape index (κ1) is 21.3. The van der Waals surface area contributed by atoms with Crippen LogP contribution in [0, 0.1) is 5.92 Å². The van der Waals surface area contributed by atoms with Crippen LogP contribution in [0.1, 0.15) is 12.8 Å². The van der Waals surface area contributed by atoms with Gasteiger partial charge in [0.25, 0.3) is 10.0 Å². The standard InChI is InChI=1S/C22H25N3O5S/c1-24(18-7-3-2-4-8-18)31(28,29)19-9-5-6-17(14-19)23-20(26)15-25-12-10-16-11-13-30-22(27)21(16)25/h2-9,14,16,21H,10-13,15H2,1H3,(H,23,26)/t16-,21+/m0/s1. The van der Waals surface area contributed by atoms with Crippen LogP contribution in [0.3, 0.4) is 0 Å². The molecular formula is C22H25N3O5S. The smallest absolute Gasteiger partial charge is 0.323 e. The van der Waals surface area contributed by atoms with Gasteiger partial charge in [0.2, 0.25) is 5.91 Å². The first-order valence-corrected chi connectivity index (χ1v) is 11.6. The van der Waals surface area contributed by atoms with Crippen molar-refractivity contribution in [3.63, 3.8) is 0 Å². The van der Waals surface area contributed by atoms with Gasteiger partial charge in [0, 0.05) is 12.7 Å². The molecule has 0 unspecified atom stereocenters. The largest absolute Gasteiger partial charge is 0.465 e. The lowest BCUT2D eigenvalue weighted by atomic mass is 9.95. The van der Waals surface area contributed by atoms with Crippen LogP contribution in [0.15, 0.2) is 59.5 Å². The van der Waals surface area contributed by atoms with E-state index in [9.17, 15) is 18.0 Å².